The number of carbonyl (C=O) groups is 1. The molecule has 1 aromatic carbocycles. The van der Waals surface area contributed by atoms with Crippen LogP contribution in [0.5, 0.6) is 0 Å². The molecule has 8 heteroatoms. The Morgan fingerprint density at radius 3 is 2.42 bits per heavy atom. The van der Waals surface area contributed by atoms with Crippen LogP contribution in [0.1, 0.15) is 12.8 Å². The van der Waals surface area contributed by atoms with Crippen molar-refractivity contribution in [2.24, 2.45) is 7.05 Å². The Balaban J connectivity index is 1.69. The standard InChI is InChI=1S/C18H22N4O3S/c1-3-18(23)19-15-8-12-22(13-9-15)26(24,25)16-6-4-14(5-7-16)17-10-11-21(2)20-17/h3-7,10-11,15H,1,8-9,12-13H2,2H3,(H,19,23). The second-order valence-corrected chi connectivity index (χ2v) is 8.23. The molecule has 3 rings (SSSR count). The van der Waals surface area contributed by atoms with E-state index in [0.717, 1.165) is 11.3 Å². The number of nitrogens with one attached hydrogen (secondary N) is 1. The summed E-state index contributed by atoms with van der Waals surface area (Å²) in [6.45, 7) is 4.19. The summed E-state index contributed by atoms with van der Waals surface area (Å²) in [6, 6.07) is 8.64. The normalized spacial score (nSPS) is 16.3. The summed E-state index contributed by atoms with van der Waals surface area (Å²) in [5, 5.41) is 7.14. The molecule has 0 saturated carbocycles. The highest BCUT2D eigenvalue weighted by molar-refractivity contribution is 7.89. The molecule has 0 atom stereocenters. The van der Waals surface area contributed by atoms with E-state index in [0.29, 0.717) is 25.9 Å². The van der Waals surface area contributed by atoms with Gasteiger partial charge in [-0.15, -0.1) is 0 Å². The molecule has 2 heterocycles. The first-order chi connectivity index (χ1) is 12.4. The first kappa shape index (κ1) is 18.3. The van der Waals surface area contributed by atoms with Crippen molar-refractivity contribution in [1.82, 2.24) is 19.4 Å². The fraction of sp³-hybridized carbons (Fsp3) is 0.333. The molecular formula is C18H22N4O3S. The summed E-state index contributed by atoms with van der Waals surface area (Å²) in [5.41, 5.74) is 1.67. The summed E-state index contributed by atoms with van der Waals surface area (Å²) in [6.07, 6.45) is 4.25. The summed E-state index contributed by atoms with van der Waals surface area (Å²) in [5.74, 6) is -0.226. The zero-order chi connectivity index (χ0) is 18.7. The van der Waals surface area contributed by atoms with Crippen molar-refractivity contribution < 1.29 is 13.2 Å². The SMILES string of the molecule is C=CC(=O)NC1CCN(S(=O)(=O)c2ccc(-c3ccn(C)n3)cc2)CC1. The molecule has 7 nitrogen and oxygen atoms in total. The molecule has 26 heavy (non-hydrogen) atoms. The summed E-state index contributed by atoms with van der Waals surface area (Å²) in [7, 11) is -1.70. The van der Waals surface area contributed by atoms with Crippen molar-refractivity contribution in [3.63, 3.8) is 0 Å². The number of piperidine rings is 1. The number of nitrogens with zero attached hydrogens (tertiary/aromatic N) is 3. The van der Waals surface area contributed by atoms with Crippen molar-refractivity contribution in [2.75, 3.05) is 13.1 Å². The van der Waals surface area contributed by atoms with Gasteiger partial charge in [0, 0.05) is 37.9 Å². The van der Waals surface area contributed by atoms with E-state index in [1.54, 1.807) is 28.9 Å². The van der Waals surface area contributed by atoms with Gasteiger partial charge in [-0.1, -0.05) is 18.7 Å². The number of aromatic nitrogens is 2. The van der Waals surface area contributed by atoms with Gasteiger partial charge in [0.2, 0.25) is 15.9 Å². The van der Waals surface area contributed by atoms with Gasteiger partial charge in [-0.2, -0.15) is 9.40 Å². The minimum absolute atomic E-state index is 0.0153. The average molecular weight is 374 g/mol. The maximum absolute atomic E-state index is 12.8. The zero-order valence-corrected chi connectivity index (χ0v) is 15.4. The minimum atomic E-state index is -3.54. The summed E-state index contributed by atoms with van der Waals surface area (Å²) < 4.78 is 28.8. The Hall–Kier alpha value is -2.45. The zero-order valence-electron chi connectivity index (χ0n) is 14.6. The van der Waals surface area contributed by atoms with Crippen molar-refractivity contribution in [3.8, 4) is 11.3 Å². The highest BCUT2D eigenvalue weighted by Gasteiger charge is 2.29. The number of amides is 1. The minimum Gasteiger partial charge on any atom is -0.350 e. The Morgan fingerprint density at radius 1 is 1.23 bits per heavy atom. The predicted octanol–water partition coefficient (Wildman–Crippen LogP) is 1.54. The summed E-state index contributed by atoms with van der Waals surface area (Å²) >= 11 is 0. The molecular weight excluding hydrogens is 352 g/mol. The smallest absolute Gasteiger partial charge is 0.243 e. The highest BCUT2D eigenvalue weighted by Crippen LogP contribution is 2.24. The molecule has 1 aliphatic rings. The van der Waals surface area contributed by atoms with Crippen LogP contribution in [0, 0.1) is 0 Å². The quantitative estimate of drug-likeness (QED) is 0.805. The molecule has 1 saturated heterocycles. The summed E-state index contributed by atoms with van der Waals surface area (Å²) in [4.78, 5) is 11.6. The topological polar surface area (TPSA) is 84.3 Å². The number of rotatable bonds is 5. The molecule has 138 valence electrons. The van der Waals surface area contributed by atoms with Gasteiger partial charge in [0.25, 0.3) is 0 Å². The molecule has 0 spiro atoms. The fourth-order valence-corrected chi connectivity index (χ4v) is 4.49. The third-order valence-electron chi connectivity index (χ3n) is 4.49. The number of carbonyl (C=O) groups excluding carboxylic acids is 1. The monoisotopic (exact) mass is 374 g/mol. The maximum Gasteiger partial charge on any atom is 0.243 e. The number of benzene rings is 1. The largest absolute Gasteiger partial charge is 0.350 e. The molecule has 1 fully saturated rings. The van der Waals surface area contributed by atoms with Crippen LogP contribution in [-0.2, 0) is 21.9 Å². The van der Waals surface area contributed by atoms with Crippen LogP contribution in [0.2, 0.25) is 0 Å². The fourth-order valence-electron chi connectivity index (χ4n) is 3.02. The second-order valence-electron chi connectivity index (χ2n) is 6.29. The molecule has 0 unspecified atom stereocenters. The van der Waals surface area contributed by atoms with Crippen LogP contribution in [0.3, 0.4) is 0 Å². The van der Waals surface area contributed by atoms with Crippen molar-refractivity contribution in [3.05, 3.63) is 49.2 Å². The van der Waals surface area contributed by atoms with Gasteiger partial charge in [-0.05, 0) is 37.1 Å². The lowest BCUT2D eigenvalue weighted by Crippen LogP contribution is -2.46. The average Bonchev–Trinajstić information content (AvgIpc) is 3.08. The Labute approximate surface area is 153 Å². The number of aryl methyl sites for hydroxylation is 1. The Morgan fingerprint density at radius 2 is 1.88 bits per heavy atom. The first-order valence-electron chi connectivity index (χ1n) is 8.43. The molecule has 0 bridgehead atoms. The van der Waals surface area contributed by atoms with E-state index in [-0.39, 0.29) is 16.8 Å². The van der Waals surface area contributed by atoms with E-state index in [2.05, 4.69) is 17.0 Å². The number of hydrogen-bond acceptors (Lipinski definition) is 4. The Kier molecular flexibility index (Phi) is 5.24. The van der Waals surface area contributed by atoms with Gasteiger partial charge in [0.1, 0.15) is 0 Å². The molecule has 1 amide bonds. The molecule has 2 aromatic rings. The van der Waals surface area contributed by atoms with Gasteiger partial charge >= 0.3 is 0 Å². The predicted molar refractivity (Wildman–Crippen MR) is 98.8 cm³/mol. The lowest BCUT2D eigenvalue weighted by atomic mass is 10.1. The van der Waals surface area contributed by atoms with Gasteiger partial charge in [0.05, 0.1) is 10.6 Å². The van der Waals surface area contributed by atoms with Gasteiger partial charge < -0.3 is 5.32 Å². The van der Waals surface area contributed by atoms with Crippen molar-refractivity contribution in [1.29, 1.82) is 0 Å². The van der Waals surface area contributed by atoms with Gasteiger partial charge in [0.15, 0.2) is 0 Å². The van der Waals surface area contributed by atoms with E-state index in [1.807, 2.05) is 19.3 Å². The third kappa shape index (κ3) is 3.86. The lowest BCUT2D eigenvalue weighted by Gasteiger charge is -2.31. The third-order valence-corrected chi connectivity index (χ3v) is 6.40. The van der Waals surface area contributed by atoms with E-state index in [4.69, 9.17) is 0 Å². The second kappa shape index (κ2) is 7.43. The van der Waals surface area contributed by atoms with E-state index < -0.39 is 10.0 Å². The van der Waals surface area contributed by atoms with Crippen molar-refractivity contribution >= 4 is 15.9 Å². The van der Waals surface area contributed by atoms with Crippen LogP contribution in [-0.4, -0.2) is 47.5 Å². The van der Waals surface area contributed by atoms with Crippen molar-refractivity contribution in [2.45, 2.75) is 23.8 Å². The van der Waals surface area contributed by atoms with E-state index in [9.17, 15) is 13.2 Å². The van der Waals surface area contributed by atoms with Crippen LogP contribution < -0.4 is 5.32 Å². The maximum atomic E-state index is 12.8. The van der Waals surface area contributed by atoms with Crippen LogP contribution >= 0.6 is 0 Å². The van der Waals surface area contributed by atoms with E-state index >= 15 is 0 Å². The molecule has 1 N–H and O–H groups in total. The highest BCUT2D eigenvalue weighted by atomic mass is 32.2. The molecule has 1 aliphatic heterocycles. The molecule has 1 aromatic heterocycles. The Bertz CT molecular complexity index is 895. The molecule has 0 aliphatic carbocycles. The molecule has 0 radical (unpaired) electrons. The van der Waals surface area contributed by atoms with Crippen LogP contribution in [0.25, 0.3) is 11.3 Å². The lowest BCUT2D eigenvalue weighted by molar-refractivity contribution is -0.117. The first-order valence-corrected chi connectivity index (χ1v) is 9.87. The van der Waals surface area contributed by atoms with Gasteiger partial charge in [-0.3, -0.25) is 9.48 Å². The number of sulfonamides is 1. The number of hydrogen-bond donors (Lipinski definition) is 1. The van der Waals surface area contributed by atoms with Crippen LogP contribution in [0.15, 0.2) is 54.1 Å². The van der Waals surface area contributed by atoms with E-state index in [1.165, 1.54) is 10.4 Å². The van der Waals surface area contributed by atoms with Crippen LogP contribution in [0.4, 0.5) is 0 Å². The van der Waals surface area contributed by atoms with Gasteiger partial charge in [-0.25, -0.2) is 8.42 Å².